The van der Waals surface area contributed by atoms with Crippen LogP contribution >= 0.6 is 0 Å². The largest absolute Gasteiger partial charge is 0.469 e. The number of nitrogens with zero attached hydrogens (tertiary/aromatic N) is 3. The fraction of sp³-hybridized carbons (Fsp3) is 0.533. The molecule has 2 heterocycles. The molecular formula is C15H24N4O. The number of furan rings is 1. The number of hydrogen-bond acceptors (Lipinski definition) is 4. The molecule has 0 fully saturated rings. The highest BCUT2D eigenvalue weighted by Gasteiger charge is 2.09. The molecular weight excluding hydrogens is 252 g/mol. The molecule has 2 aromatic heterocycles. The molecule has 0 aromatic carbocycles. The molecule has 110 valence electrons. The predicted molar refractivity (Wildman–Crippen MR) is 80.9 cm³/mol. The quantitative estimate of drug-likeness (QED) is 0.842. The van der Waals surface area contributed by atoms with Gasteiger partial charge in [-0.05, 0) is 25.5 Å². The lowest BCUT2D eigenvalue weighted by atomic mass is 10.1. The lowest BCUT2D eigenvalue weighted by Crippen LogP contribution is -2.27. The van der Waals surface area contributed by atoms with Gasteiger partial charge in [-0.25, -0.2) is 4.98 Å². The molecule has 1 unspecified atom stereocenters. The van der Waals surface area contributed by atoms with Crippen LogP contribution in [0.1, 0.15) is 24.8 Å². The lowest BCUT2D eigenvalue weighted by Gasteiger charge is -2.15. The number of aryl methyl sites for hydroxylation is 1. The second kappa shape index (κ2) is 6.61. The average Bonchev–Trinajstić information content (AvgIpc) is 3.03. The summed E-state index contributed by atoms with van der Waals surface area (Å²) in [4.78, 5) is 6.43. The van der Waals surface area contributed by atoms with Crippen LogP contribution in [0.5, 0.6) is 0 Å². The van der Waals surface area contributed by atoms with Crippen LogP contribution in [-0.2, 0) is 20.0 Å². The molecule has 2 rings (SSSR count). The summed E-state index contributed by atoms with van der Waals surface area (Å²) in [5.74, 6) is 2.03. The average molecular weight is 276 g/mol. The van der Waals surface area contributed by atoms with E-state index in [0.717, 1.165) is 31.1 Å². The second-order valence-corrected chi connectivity index (χ2v) is 5.40. The first-order valence-corrected chi connectivity index (χ1v) is 7.01. The highest BCUT2D eigenvalue weighted by molar-refractivity contribution is 5.30. The molecule has 20 heavy (non-hydrogen) atoms. The van der Waals surface area contributed by atoms with Gasteiger partial charge >= 0.3 is 0 Å². The van der Waals surface area contributed by atoms with Crippen LogP contribution in [0.25, 0.3) is 0 Å². The zero-order valence-electron chi connectivity index (χ0n) is 12.8. The summed E-state index contributed by atoms with van der Waals surface area (Å²) in [7, 11) is 6.06. The van der Waals surface area contributed by atoms with Crippen molar-refractivity contribution >= 4 is 5.95 Å². The third-order valence-corrected chi connectivity index (χ3v) is 3.50. The second-order valence-electron chi connectivity index (χ2n) is 5.40. The van der Waals surface area contributed by atoms with E-state index >= 15 is 0 Å². The number of aromatic nitrogens is 2. The molecule has 0 aliphatic carbocycles. The normalized spacial score (nSPS) is 12.6. The van der Waals surface area contributed by atoms with E-state index in [9.17, 15) is 0 Å². The third-order valence-electron chi connectivity index (χ3n) is 3.50. The maximum atomic E-state index is 5.35. The van der Waals surface area contributed by atoms with E-state index in [1.54, 1.807) is 6.26 Å². The van der Waals surface area contributed by atoms with E-state index in [1.165, 1.54) is 5.69 Å². The van der Waals surface area contributed by atoms with Gasteiger partial charge in [-0.15, -0.1) is 0 Å². The van der Waals surface area contributed by atoms with Crippen LogP contribution in [0.15, 0.2) is 29.0 Å². The van der Waals surface area contributed by atoms with Gasteiger partial charge in [-0.3, -0.25) is 0 Å². The van der Waals surface area contributed by atoms with Crippen molar-refractivity contribution in [3.63, 3.8) is 0 Å². The smallest absolute Gasteiger partial charge is 0.204 e. The van der Waals surface area contributed by atoms with Crippen molar-refractivity contribution in [3.8, 4) is 0 Å². The van der Waals surface area contributed by atoms with E-state index in [0.29, 0.717) is 6.04 Å². The van der Waals surface area contributed by atoms with Crippen molar-refractivity contribution in [2.45, 2.75) is 32.4 Å². The van der Waals surface area contributed by atoms with E-state index in [-0.39, 0.29) is 0 Å². The predicted octanol–water partition coefficient (Wildman–Crippen LogP) is 2.19. The summed E-state index contributed by atoms with van der Waals surface area (Å²) in [5.41, 5.74) is 1.19. The van der Waals surface area contributed by atoms with Crippen molar-refractivity contribution in [1.82, 2.24) is 14.9 Å². The molecule has 1 atom stereocenters. The van der Waals surface area contributed by atoms with Crippen LogP contribution < -0.4 is 10.2 Å². The molecule has 0 amide bonds. The standard InChI is InChI=1S/C15H24N4O/c1-12(7-8-14-6-5-9-20-14)16-10-13-11-17-15(18(2)3)19(13)4/h5-6,9,11-12,16H,7-8,10H2,1-4H3. The van der Waals surface area contributed by atoms with Crippen LogP contribution in [0.3, 0.4) is 0 Å². The van der Waals surface area contributed by atoms with Crippen LogP contribution in [0.4, 0.5) is 5.95 Å². The summed E-state index contributed by atoms with van der Waals surface area (Å²) in [6.07, 6.45) is 5.69. The first-order valence-electron chi connectivity index (χ1n) is 7.01. The highest BCUT2D eigenvalue weighted by atomic mass is 16.3. The van der Waals surface area contributed by atoms with Gasteiger partial charge in [0.25, 0.3) is 0 Å². The van der Waals surface area contributed by atoms with E-state index in [4.69, 9.17) is 4.42 Å². The Morgan fingerprint density at radius 1 is 1.45 bits per heavy atom. The molecule has 0 saturated heterocycles. The van der Waals surface area contributed by atoms with Gasteiger partial charge < -0.3 is 19.2 Å². The summed E-state index contributed by atoms with van der Waals surface area (Å²) in [6, 6.07) is 4.40. The zero-order chi connectivity index (χ0) is 14.5. The molecule has 2 aromatic rings. The molecule has 0 aliphatic heterocycles. The number of rotatable bonds is 7. The molecule has 0 spiro atoms. The number of nitrogens with one attached hydrogen (secondary N) is 1. The molecule has 5 heteroatoms. The SMILES string of the molecule is CC(CCc1ccco1)NCc1cnc(N(C)C)n1C. The van der Waals surface area contributed by atoms with Gasteiger partial charge in [0.15, 0.2) is 0 Å². The molecule has 0 aliphatic rings. The maximum absolute atomic E-state index is 5.35. The number of hydrogen-bond donors (Lipinski definition) is 1. The summed E-state index contributed by atoms with van der Waals surface area (Å²) in [6.45, 7) is 3.03. The molecule has 0 bridgehead atoms. The van der Waals surface area contributed by atoms with Gasteiger partial charge in [-0.2, -0.15) is 0 Å². The van der Waals surface area contributed by atoms with Crippen molar-refractivity contribution < 1.29 is 4.42 Å². The maximum Gasteiger partial charge on any atom is 0.204 e. The zero-order valence-corrected chi connectivity index (χ0v) is 12.8. The summed E-state index contributed by atoms with van der Waals surface area (Å²) < 4.78 is 7.47. The van der Waals surface area contributed by atoms with E-state index in [2.05, 4.69) is 21.8 Å². The van der Waals surface area contributed by atoms with Crippen LogP contribution in [0.2, 0.25) is 0 Å². The van der Waals surface area contributed by atoms with Crippen LogP contribution in [0, 0.1) is 0 Å². The Morgan fingerprint density at radius 2 is 2.25 bits per heavy atom. The Hall–Kier alpha value is -1.75. The minimum atomic E-state index is 0.442. The van der Waals surface area contributed by atoms with Crippen molar-refractivity contribution in [2.75, 3.05) is 19.0 Å². The Labute approximate surface area is 120 Å². The molecule has 5 nitrogen and oxygen atoms in total. The van der Waals surface area contributed by atoms with Crippen molar-refractivity contribution in [2.24, 2.45) is 7.05 Å². The van der Waals surface area contributed by atoms with Crippen molar-refractivity contribution in [3.05, 3.63) is 36.0 Å². The highest BCUT2D eigenvalue weighted by Crippen LogP contribution is 2.11. The first-order chi connectivity index (χ1) is 9.58. The number of anilines is 1. The summed E-state index contributed by atoms with van der Waals surface area (Å²) >= 11 is 0. The first kappa shape index (κ1) is 14.7. The van der Waals surface area contributed by atoms with Gasteiger partial charge in [-0.1, -0.05) is 0 Å². The van der Waals surface area contributed by atoms with Gasteiger partial charge in [0.05, 0.1) is 18.2 Å². The third kappa shape index (κ3) is 3.63. The Kier molecular flexibility index (Phi) is 4.84. The fourth-order valence-corrected chi connectivity index (χ4v) is 2.21. The topological polar surface area (TPSA) is 46.2 Å². The molecule has 1 N–H and O–H groups in total. The van der Waals surface area contributed by atoms with Gasteiger partial charge in [0.1, 0.15) is 5.76 Å². The Morgan fingerprint density at radius 3 is 2.85 bits per heavy atom. The molecule has 0 radical (unpaired) electrons. The monoisotopic (exact) mass is 276 g/mol. The fourth-order valence-electron chi connectivity index (χ4n) is 2.21. The lowest BCUT2D eigenvalue weighted by molar-refractivity contribution is 0.456. The van der Waals surface area contributed by atoms with Gasteiger partial charge in [0, 0.05) is 40.2 Å². The Bertz CT molecular complexity index is 516. The van der Waals surface area contributed by atoms with E-state index in [1.807, 2.05) is 44.4 Å². The van der Waals surface area contributed by atoms with Crippen molar-refractivity contribution in [1.29, 1.82) is 0 Å². The number of imidazole rings is 1. The van der Waals surface area contributed by atoms with Gasteiger partial charge in [0.2, 0.25) is 5.95 Å². The molecule has 0 saturated carbocycles. The van der Waals surface area contributed by atoms with Crippen LogP contribution in [-0.4, -0.2) is 29.7 Å². The minimum absolute atomic E-state index is 0.442. The minimum Gasteiger partial charge on any atom is -0.469 e. The van der Waals surface area contributed by atoms with E-state index < -0.39 is 0 Å². The summed E-state index contributed by atoms with van der Waals surface area (Å²) in [5, 5.41) is 3.53. The Balaban J connectivity index is 1.79.